The Morgan fingerprint density at radius 1 is 1.30 bits per heavy atom. The van der Waals surface area contributed by atoms with Gasteiger partial charge in [0.2, 0.25) is 0 Å². The highest BCUT2D eigenvalue weighted by molar-refractivity contribution is 8.05. The number of nitriles is 1. The van der Waals surface area contributed by atoms with Crippen LogP contribution in [0.15, 0.2) is 45.6 Å². The van der Waals surface area contributed by atoms with Gasteiger partial charge < -0.3 is 9.47 Å². The van der Waals surface area contributed by atoms with Crippen LogP contribution in [0.2, 0.25) is 0 Å². The molecule has 1 aromatic heterocycles. The van der Waals surface area contributed by atoms with E-state index in [9.17, 15) is 15.4 Å². The zero-order valence-electron chi connectivity index (χ0n) is 14.3. The van der Waals surface area contributed by atoms with Gasteiger partial charge in [-0.25, -0.2) is 4.98 Å². The second-order valence-corrected chi connectivity index (χ2v) is 7.51. The Hall–Kier alpha value is -3.09. The first-order chi connectivity index (χ1) is 13.0. The minimum Gasteiger partial charge on any atom is -0.493 e. The molecule has 27 heavy (non-hydrogen) atoms. The molecule has 0 N–H and O–H groups in total. The van der Waals surface area contributed by atoms with Crippen molar-refractivity contribution in [2.24, 2.45) is 0 Å². The number of hydrogen-bond acceptors (Lipinski definition) is 8. The maximum atomic E-state index is 11.4. The fourth-order valence-corrected chi connectivity index (χ4v) is 4.34. The standard InChI is InChI=1S/C18H13N3O4S2/c1-24-15-8-11(14(21(22)23)9-16(15)25-2)7-12(10-19)26-18-20-13-5-3-4-6-17(13)27-18/h3-9H,1-2H3/b12-7+. The van der Waals surface area contributed by atoms with Crippen LogP contribution in [0.1, 0.15) is 5.56 Å². The normalized spacial score (nSPS) is 11.2. The molecular formula is C18H13N3O4S2. The van der Waals surface area contributed by atoms with Crippen molar-refractivity contribution < 1.29 is 14.4 Å². The summed E-state index contributed by atoms with van der Waals surface area (Å²) in [4.78, 5) is 15.6. The lowest BCUT2D eigenvalue weighted by Crippen LogP contribution is -1.97. The highest BCUT2D eigenvalue weighted by Crippen LogP contribution is 2.38. The van der Waals surface area contributed by atoms with Crippen molar-refractivity contribution in [2.75, 3.05) is 14.2 Å². The maximum Gasteiger partial charge on any atom is 0.280 e. The lowest BCUT2D eigenvalue weighted by molar-refractivity contribution is -0.385. The number of hydrogen-bond donors (Lipinski definition) is 0. The molecular weight excluding hydrogens is 386 g/mol. The average molecular weight is 399 g/mol. The smallest absolute Gasteiger partial charge is 0.280 e. The van der Waals surface area contributed by atoms with E-state index in [0.717, 1.165) is 10.2 Å². The van der Waals surface area contributed by atoms with E-state index in [4.69, 9.17) is 9.47 Å². The Bertz CT molecular complexity index is 1050. The molecule has 0 saturated carbocycles. The summed E-state index contributed by atoms with van der Waals surface area (Å²) in [6.45, 7) is 0. The van der Waals surface area contributed by atoms with Gasteiger partial charge in [0.15, 0.2) is 15.8 Å². The van der Waals surface area contributed by atoms with Crippen LogP contribution in [0, 0.1) is 21.4 Å². The Kier molecular flexibility index (Phi) is 5.59. The summed E-state index contributed by atoms with van der Waals surface area (Å²) in [5.41, 5.74) is 0.924. The molecule has 0 spiro atoms. The summed E-state index contributed by atoms with van der Waals surface area (Å²) >= 11 is 2.62. The highest BCUT2D eigenvalue weighted by atomic mass is 32.2. The molecule has 0 amide bonds. The molecule has 7 nitrogen and oxygen atoms in total. The van der Waals surface area contributed by atoms with E-state index >= 15 is 0 Å². The van der Waals surface area contributed by atoms with Crippen molar-refractivity contribution in [1.29, 1.82) is 5.26 Å². The Balaban J connectivity index is 2.01. The van der Waals surface area contributed by atoms with Gasteiger partial charge in [-0.1, -0.05) is 12.1 Å². The quantitative estimate of drug-likeness (QED) is 0.252. The molecule has 0 aliphatic heterocycles. The van der Waals surface area contributed by atoms with Gasteiger partial charge in [0.05, 0.1) is 45.9 Å². The van der Waals surface area contributed by atoms with Crippen molar-refractivity contribution in [3.63, 3.8) is 0 Å². The van der Waals surface area contributed by atoms with Crippen LogP contribution in [0.5, 0.6) is 11.5 Å². The molecule has 0 saturated heterocycles. The molecule has 0 unspecified atom stereocenters. The third kappa shape index (κ3) is 4.02. The number of ether oxygens (including phenoxy) is 2. The monoisotopic (exact) mass is 399 g/mol. The first-order valence-electron chi connectivity index (χ1n) is 7.61. The number of nitro benzene ring substituents is 1. The number of fused-ring (bicyclic) bond motifs is 1. The first kappa shape index (κ1) is 18.7. The first-order valence-corrected chi connectivity index (χ1v) is 9.24. The molecule has 0 atom stereocenters. The van der Waals surface area contributed by atoms with Crippen molar-refractivity contribution in [1.82, 2.24) is 4.98 Å². The second kappa shape index (κ2) is 8.07. The van der Waals surface area contributed by atoms with Gasteiger partial charge in [0, 0.05) is 0 Å². The van der Waals surface area contributed by atoms with Gasteiger partial charge in [0.1, 0.15) is 6.07 Å². The Labute approximate surface area is 163 Å². The van der Waals surface area contributed by atoms with Gasteiger partial charge in [-0.05, 0) is 36.0 Å². The topological polar surface area (TPSA) is 98.3 Å². The van der Waals surface area contributed by atoms with E-state index in [2.05, 4.69) is 11.1 Å². The molecule has 3 rings (SSSR count). The molecule has 0 aliphatic carbocycles. The van der Waals surface area contributed by atoms with E-state index in [1.54, 1.807) is 0 Å². The second-order valence-electron chi connectivity index (χ2n) is 5.19. The summed E-state index contributed by atoms with van der Waals surface area (Å²) in [6.07, 6.45) is 1.46. The summed E-state index contributed by atoms with van der Waals surface area (Å²) in [6, 6.07) is 12.5. The van der Waals surface area contributed by atoms with Gasteiger partial charge >= 0.3 is 0 Å². The summed E-state index contributed by atoms with van der Waals surface area (Å²) in [5, 5.41) is 20.9. The van der Waals surface area contributed by atoms with Crippen LogP contribution in [0.4, 0.5) is 5.69 Å². The van der Waals surface area contributed by atoms with E-state index < -0.39 is 4.92 Å². The molecule has 3 aromatic rings. The fraction of sp³-hybridized carbons (Fsp3) is 0.111. The molecule has 9 heteroatoms. The Morgan fingerprint density at radius 2 is 2.00 bits per heavy atom. The van der Waals surface area contributed by atoms with Gasteiger partial charge in [-0.2, -0.15) is 5.26 Å². The third-order valence-corrected chi connectivity index (χ3v) is 5.62. The number of benzene rings is 2. The predicted octanol–water partition coefficient (Wildman–Crippen LogP) is 4.88. The van der Waals surface area contributed by atoms with Crippen molar-refractivity contribution in [3.05, 3.63) is 57.0 Å². The van der Waals surface area contributed by atoms with E-state index in [1.165, 1.54) is 55.5 Å². The lowest BCUT2D eigenvalue weighted by atomic mass is 10.1. The van der Waals surface area contributed by atoms with Gasteiger partial charge in [-0.3, -0.25) is 10.1 Å². The minimum absolute atomic E-state index is 0.176. The van der Waals surface area contributed by atoms with E-state index in [1.807, 2.05) is 24.3 Å². The average Bonchev–Trinajstić information content (AvgIpc) is 3.09. The van der Waals surface area contributed by atoms with Crippen LogP contribution < -0.4 is 9.47 Å². The number of thioether (sulfide) groups is 1. The van der Waals surface area contributed by atoms with Crippen LogP contribution in [0.25, 0.3) is 16.3 Å². The number of methoxy groups -OCH3 is 2. The number of thiazole rings is 1. The van der Waals surface area contributed by atoms with Crippen LogP contribution in [-0.4, -0.2) is 24.1 Å². The summed E-state index contributed by atoms with van der Waals surface area (Å²) < 4.78 is 12.0. The molecule has 0 bridgehead atoms. The zero-order valence-corrected chi connectivity index (χ0v) is 16.0. The lowest BCUT2D eigenvalue weighted by Gasteiger charge is -2.09. The summed E-state index contributed by atoms with van der Waals surface area (Å²) in [7, 11) is 2.85. The number of rotatable bonds is 6. The van der Waals surface area contributed by atoms with Crippen molar-refractivity contribution >= 4 is 45.1 Å². The summed E-state index contributed by atoms with van der Waals surface area (Å²) in [5.74, 6) is 0.593. The molecule has 136 valence electrons. The SMILES string of the molecule is COc1cc(/C=C(\C#N)Sc2nc3ccccc3s2)c([N+](=O)[O-])cc1OC. The van der Waals surface area contributed by atoms with E-state index in [-0.39, 0.29) is 21.9 Å². The number of allylic oxidation sites excluding steroid dienone is 1. The van der Waals surface area contributed by atoms with Gasteiger partial charge in [-0.15, -0.1) is 11.3 Å². The molecule has 0 fully saturated rings. The van der Waals surface area contributed by atoms with Crippen molar-refractivity contribution in [2.45, 2.75) is 4.34 Å². The van der Waals surface area contributed by atoms with Gasteiger partial charge in [0.25, 0.3) is 5.69 Å². The zero-order chi connectivity index (χ0) is 19.4. The van der Waals surface area contributed by atoms with Crippen LogP contribution in [0.3, 0.4) is 0 Å². The van der Waals surface area contributed by atoms with Crippen molar-refractivity contribution in [3.8, 4) is 17.6 Å². The highest BCUT2D eigenvalue weighted by Gasteiger charge is 2.19. The predicted molar refractivity (Wildman–Crippen MR) is 105 cm³/mol. The van der Waals surface area contributed by atoms with Crippen LogP contribution >= 0.6 is 23.1 Å². The molecule has 0 radical (unpaired) electrons. The number of aromatic nitrogens is 1. The molecule has 0 aliphatic rings. The minimum atomic E-state index is -0.523. The number of nitro groups is 1. The Morgan fingerprint density at radius 3 is 2.63 bits per heavy atom. The third-order valence-electron chi connectivity index (χ3n) is 3.60. The van der Waals surface area contributed by atoms with E-state index in [0.29, 0.717) is 10.1 Å². The number of para-hydroxylation sites is 1. The maximum absolute atomic E-state index is 11.4. The fourth-order valence-electron chi connectivity index (χ4n) is 2.37. The largest absolute Gasteiger partial charge is 0.493 e. The molecule has 1 heterocycles. The number of nitrogens with zero attached hydrogens (tertiary/aromatic N) is 3. The molecule has 2 aromatic carbocycles. The van der Waals surface area contributed by atoms with Crippen LogP contribution in [-0.2, 0) is 0 Å².